The van der Waals surface area contributed by atoms with Gasteiger partial charge in [0.2, 0.25) is 5.75 Å². The predicted molar refractivity (Wildman–Crippen MR) is 82.9 cm³/mol. The van der Waals surface area contributed by atoms with Crippen molar-refractivity contribution in [2.45, 2.75) is 12.8 Å². The molecule has 1 aliphatic rings. The summed E-state index contributed by atoms with van der Waals surface area (Å²) in [6.07, 6.45) is 2.79. The molecule has 7 nitrogen and oxygen atoms in total. The number of ketones is 2. The highest BCUT2D eigenvalue weighted by Gasteiger charge is 2.26. The molecule has 0 spiro atoms. The van der Waals surface area contributed by atoms with Crippen molar-refractivity contribution in [3.05, 3.63) is 41.7 Å². The molecule has 0 fully saturated rings. The number of hydrogen-bond donors (Lipinski definition) is 2. The van der Waals surface area contributed by atoms with Gasteiger partial charge < -0.3 is 19.7 Å². The van der Waals surface area contributed by atoms with Crippen molar-refractivity contribution < 1.29 is 29.3 Å². The first kappa shape index (κ1) is 15.8. The number of carbonyl (C=O) groups is 2. The molecule has 3 rings (SSSR count). The lowest BCUT2D eigenvalue weighted by atomic mass is 10.00. The van der Waals surface area contributed by atoms with Crippen LogP contribution in [-0.2, 0) is 0 Å². The maximum atomic E-state index is 12.3. The number of phenolic OH excluding ortho intramolecular Hbond substituents is 2. The Morgan fingerprint density at radius 2 is 1.71 bits per heavy atom. The molecule has 0 atom stereocenters. The van der Waals surface area contributed by atoms with Crippen LogP contribution >= 0.6 is 0 Å². The highest BCUT2D eigenvalue weighted by molar-refractivity contribution is 6.05. The molecule has 1 aliphatic heterocycles. The van der Waals surface area contributed by atoms with Gasteiger partial charge in [0.05, 0.1) is 0 Å². The highest BCUT2D eigenvalue weighted by Crippen LogP contribution is 2.45. The van der Waals surface area contributed by atoms with Gasteiger partial charge in [0, 0.05) is 36.9 Å². The zero-order valence-corrected chi connectivity index (χ0v) is 12.7. The van der Waals surface area contributed by atoms with Gasteiger partial charge in [-0.2, -0.15) is 0 Å². The van der Waals surface area contributed by atoms with Crippen LogP contribution in [0.3, 0.4) is 0 Å². The summed E-state index contributed by atoms with van der Waals surface area (Å²) in [5.74, 6) is -1.43. The third-order valence-electron chi connectivity index (χ3n) is 3.65. The van der Waals surface area contributed by atoms with Crippen molar-refractivity contribution in [2.75, 3.05) is 13.2 Å². The van der Waals surface area contributed by atoms with Crippen LogP contribution in [0.2, 0.25) is 0 Å². The zero-order chi connectivity index (χ0) is 17.1. The third-order valence-corrected chi connectivity index (χ3v) is 3.65. The van der Waals surface area contributed by atoms with Gasteiger partial charge in [-0.3, -0.25) is 14.6 Å². The molecule has 2 aromatic rings. The van der Waals surface area contributed by atoms with Crippen LogP contribution in [0.1, 0.15) is 33.6 Å². The average molecular weight is 329 g/mol. The van der Waals surface area contributed by atoms with Gasteiger partial charge >= 0.3 is 0 Å². The molecule has 24 heavy (non-hydrogen) atoms. The van der Waals surface area contributed by atoms with Crippen LogP contribution in [0.4, 0.5) is 0 Å². The number of aromatic nitrogens is 1. The molecule has 124 valence electrons. The fourth-order valence-corrected chi connectivity index (χ4v) is 2.46. The summed E-state index contributed by atoms with van der Waals surface area (Å²) >= 11 is 0. The van der Waals surface area contributed by atoms with Gasteiger partial charge in [-0.25, -0.2) is 0 Å². The minimum Gasteiger partial charge on any atom is -0.507 e. The Kier molecular flexibility index (Phi) is 4.33. The number of phenols is 2. The number of benzene rings is 1. The summed E-state index contributed by atoms with van der Waals surface area (Å²) in [4.78, 5) is 28.2. The van der Waals surface area contributed by atoms with Gasteiger partial charge in [0.15, 0.2) is 23.1 Å². The maximum absolute atomic E-state index is 12.3. The Hall–Kier alpha value is -3.09. The van der Waals surface area contributed by atoms with Gasteiger partial charge in [-0.05, 0) is 12.1 Å². The molecule has 1 aromatic carbocycles. The van der Waals surface area contributed by atoms with Gasteiger partial charge in [0.25, 0.3) is 0 Å². The van der Waals surface area contributed by atoms with Crippen LogP contribution < -0.4 is 9.47 Å². The second-order valence-electron chi connectivity index (χ2n) is 5.23. The van der Waals surface area contributed by atoms with E-state index in [0.29, 0.717) is 12.2 Å². The summed E-state index contributed by atoms with van der Waals surface area (Å²) < 4.78 is 10.5. The van der Waals surface area contributed by atoms with E-state index < -0.39 is 17.3 Å². The molecule has 2 heterocycles. The molecule has 0 unspecified atom stereocenters. The summed E-state index contributed by atoms with van der Waals surface area (Å²) in [5.41, 5.74) is 0.190. The second kappa shape index (κ2) is 6.57. The lowest BCUT2D eigenvalue weighted by Gasteiger charge is -2.21. The first-order valence-corrected chi connectivity index (χ1v) is 7.39. The Morgan fingerprint density at radius 1 is 1.04 bits per heavy atom. The number of nitrogens with zero attached hydrogens (tertiary/aromatic N) is 1. The molecule has 0 radical (unpaired) electrons. The van der Waals surface area contributed by atoms with Gasteiger partial charge in [0.1, 0.15) is 24.5 Å². The van der Waals surface area contributed by atoms with Crippen molar-refractivity contribution in [3.8, 4) is 23.0 Å². The van der Waals surface area contributed by atoms with E-state index in [1.165, 1.54) is 18.5 Å². The SMILES string of the molecule is O=C(CCC(=O)c1c(O)cc2c(c1O)OCCO2)c1ccncc1. The third kappa shape index (κ3) is 3.01. The van der Waals surface area contributed by atoms with Crippen LogP contribution in [0.5, 0.6) is 23.0 Å². The van der Waals surface area contributed by atoms with Crippen LogP contribution in [-0.4, -0.2) is 40.0 Å². The minimum atomic E-state index is -0.552. The molecule has 0 saturated heterocycles. The summed E-state index contributed by atoms with van der Waals surface area (Å²) in [5, 5.41) is 20.2. The van der Waals surface area contributed by atoms with E-state index in [0.717, 1.165) is 0 Å². The smallest absolute Gasteiger partial charge is 0.204 e. The van der Waals surface area contributed by atoms with Gasteiger partial charge in [-0.1, -0.05) is 0 Å². The van der Waals surface area contributed by atoms with E-state index in [1.54, 1.807) is 12.1 Å². The summed E-state index contributed by atoms with van der Waals surface area (Å²) in [6, 6.07) is 4.35. The molecular formula is C17H15NO6. The Morgan fingerprint density at radius 3 is 2.46 bits per heavy atom. The van der Waals surface area contributed by atoms with Crippen LogP contribution in [0, 0.1) is 0 Å². The number of pyridine rings is 1. The Balaban J connectivity index is 1.77. The number of hydrogen-bond acceptors (Lipinski definition) is 7. The van der Waals surface area contributed by atoms with Crippen molar-refractivity contribution in [3.63, 3.8) is 0 Å². The lowest BCUT2D eigenvalue weighted by Crippen LogP contribution is -2.16. The minimum absolute atomic E-state index is 0.0304. The lowest BCUT2D eigenvalue weighted by molar-refractivity contribution is 0.0912. The monoisotopic (exact) mass is 329 g/mol. The molecule has 0 bridgehead atoms. The largest absolute Gasteiger partial charge is 0.507 e. The molecule has 0 amide bonds. The average Bonchev–Trinajstić information content (AvgIpc) is 2.60. The van der Waals surface area contributed by atoms with Crippen molar-refractivity contribution in [2.24, 2.45) is 0 Å². The molecule has 0 aliphatic carbocycles. The van der Waals surface area contributed by atoms with E-state index >= 15 is 0 Å². The van der Waals surface area contributed by atoms with Gasteiger partial charge in [-0.15, -0.1) is 0 Å². The normalized spacial score (nSPS) is 12.7. The number of aromatic hydroxyl groups is 2. The fraction of sp³-hybridized carbons (Fsp3) is 0.235. The zero-order valence-electron chi connectivity index (χ0n) is 12.7. The van der Waals surface area contributed by atoms with Crippen molar-refractivity contribution in [1.29, 1.82) is 0 Å². The highest BCUT2D eigenvalue weighted by atomic mass is 16.6. The summed E-state index contributed by atoms with van der Waals surface area (Å²) in [7, 11) is 0. The number of Topliss-reactive ketones (excluding diaryl/α,β-unsaturated/α-hetero) is 2. The molecular weight excluding hydrogens is 314 g/mol. The van der Waals surface area contributed by atoms with E-state index in [-0.39, 0.29) is 42.3 Å². The Bertz CT molecular complexity index is 787. The van der Waals surface area contributed by atoms with E-state index in [2.05, 4.69) is 4.98 Å². The number of rotatable bonds is 5. The maximum Gasteiger partial charge on any atom is 0.204 e. The van der Waals surface area contributed by atoms with Crippen LogP contribution in [0.25, 0.3) is 0 Å². The number of carbonyl (C=O) groups excluding carboxylic acids is 2. The fourth-order valence-electron chi connectivity index (χ4n) is 2.46. The van der Waals surface area contributed by atoms with E-state index in [9.17, 15) is 19.8 Å². The van der Waals surface area contributed by atoms with E-state index in [1.807, 2.05) is 0 Å². The molecule has 2 N–H and O–H groups in total. The summed E-state index contributed by atoms with van der Waals surface area (Å²) in [6.45, 7) is 0.527. The quantitative estimate of drug-likeness (QED) is 0.809. The number of ether oxygens (including phenoxy) is 2. The number of fused-ring (bicyclic) bond motifs is 1. The van der Waals surface area contributed by atoms with Crippen molar-refractivity contribution in [1.82, 2.24) is 4.98 Å². The topological polar surface area (TPSA) is 106 Å². The second-order valence-corrected chi connectivity index (χ2v) is 5.23. The molecule has 7 heteroatoms. The molecule has 0 saturated carbocycles. The first-order chi connectivity index (χ1) is 11.6. The predicted octanol–water partition coefficient (Wildman–Crippen LogP) is 2.11. The van der Waals surface area contributed by atoms with E-state index in [4.69, 9.17) is 9.47 Å². The van der Waals surface area contributed by atoms with Crippen molar-refractivity contribution >= 4 is 11.6 Å². The standard InChI is InChI=1S/C17H15NO6/c19-11(10-3-5-18-6-4-10)1-2-12(20)15-13(21)9-14-17(16(15)22)24-8-7-23-14/h3-6,9,21-22H,1-2,7-8H2. The Labute approximate surface area is 137 Å². The molecule has 1 aromatic heterocycles. The first-order valence-electron chi connectivity index (χ1n) is 7.39. The van der Waals surface area contributed by atoms with Crippen LogP contribution in [0.15, 0.2) is 30.6 Å².